The first-order valence-corrected chi connectivity index (χ1v) is 8.29. The number of anilines is 1. The molecule has 0 spiro atoms. The number of alkyl halides is 3. The Morgan fingerprint density at radius 3 is 2.62 bits per heavy atom. The average molecular weight is 370 g/mol. The molecule has 9 heteroatoms. The molecule has 3 rings (SSSR count). The van der Waals surface area contributed by atoms with Crippen molar-refractivity contribution in [3.8, 4) is 11.5 Å². The van der Waals surface area contributed by atoms with Gasteiger partial charge in [0.05, 0.1) is 5.56 Å². The predicted octanol–water partition coefficient (Wildman–Crippen LogP) is 3.22. The number of nitrogens with zero attached hydrogens (tertiary/aromatic N) is 1. The quantitative estimate of drug-likeness (QED) is 0.768. The summed E-state index contributed by atoms with van der Waals surface area (Å²) in [4.78, 5) is 11.1. The van der Waals surface area contributed by atoms with E-state index in [1.807, 2.05) is 20.8 Å². The van der Waals surface area contributed by atoms with E-state index in [0.717, 1.165) is 12.5 Å². The Labute approximate surface area is 148 Å². The monoisotopic (exact) mass is 370 g/mol. The molecule has 1 aromatic carbocycles. The third-order valence-corrected chi connectivity index (χ3v) is 5.42. The van der Waals surface area contributed by atoms with Crippen LogP contribution in [-0.2, 0) is 6.18 Å². The lowest BCUT2D eigenvalue weighted by atomic mass is 9.56. The van der Waals surface area contributed by atoms with Gasteiger partial charge in [-0.1, -0.05) is 13.8 Å². The van der Waals surface area contributed by atoms with Crippen molar-refractivity contribution in [2.45, 2.75) is 45.5 Å². The number of hydrogen-bond donors (Lipinski definition) is 3. The van der Waals surface area contributed by atoms with Gasteiger partial charge in [-0.05, 0) is 42.9 Å². The molecule has 0 saturated heterocycles. The van der Waals surface area contributed by atoms with Gasteiger partial charge in [-0.15, -0.1) is 5.10 Å². The van der Waals surface area contributed by atoms with Crippen molar-refractivity contribution in [2.24, 2.45) is 17.1 Å². The van der Waals surface area contributed by atoms with Gasteiger partial charge in [0.25, 0.3) is 0 Å². The lowest BCUT2D eigenvalue weighted by Gasteiger charge is -2.53. The second kappa shape index (κ2) is 6.15. The number of aromatic amines is 1. The Morgan fingerprint density at radius 1 is 1.42 bits per heavy atom. The SMILES string of the molecule is C[C@H](Nc1cc(-c2n[nH]c(=O)o2)ccc1C(F)(F)F)[C@H]1C[C@@H](N)C1(C)C. The van der Waals surface area contributed by atoms with Gasteiger partial charge in [0.15, 0.2) is 0 Å². The van der Waals surface area contributed by atoms with Gasteiger partial charge in [-0.2, -0.15) is 13.2 Å². The van der Waals surface area contributed by atoms with Crippen molar-refractivity contribution in [3.63, 3.8) is 0 Å². The Hall–Kier alpha value is -2.29. The van der Waals surface area contributed by atoms with Crippen molar-refractivity contribution < 1.29 is 17.6 Å². The van der Waals surface area contributed by atoms with E-state index in [0.29, 0.717) is 0 Å². The zero-order valence-corrected chi connectivity index (χ0v) is 14.6. The van der Waals surface area contributed by atoms with Crippen molar-refractivity contribution >= 4 is 5.69 Å². The van der Waals surface area contributed by atoms with E-state index in [9.17, 15) is 18.0 Å². The summed E-state index contributed by atoms with van der Waals surface area (Å²) in [5, 5.41) is 8.74. The van der Waals surface area contributed by atoms with Crippen LogP contribution in [-0.4, -0.2) is 22.3 Å². The van der Waals surface area contributed by atoms with Crippen LogP contribution in [0.2, 0.25) is 0 Å². The molecule has 4 N–H and O–H groups in total. The van der Waals surface area contributed by atoms with Gasteiger partial charge >= 0.3 is 11.9 Å². The lowest BCUT2D eigenvalue weighted by molar-refractivity contribution is -0.137. The van der Waals surface area contributed by atoms with Crippen molar-refractivity contribution in [1.82, 2.24) is 10.2 Å². The Bertz CT molecular complexity index is 856. The first-order chi connectivity index (χ1) is 12.0. The van der Waals surface area contributed by atoms with E-state index in [2.05, 4.69) is 15.5 Å². The van der Waals surface area contributed by atoms with Gasteiger partial charge < -0.3 is 15.5 Å². The van der Waals surface area contributed by atoms with Gasteiger partial charge in [-0.25, -0.2) is 9.89 Å². The molecule has 1 aliphatic carbocycles. The molecule has 1 fully saturated rings. The molecule has 1 aromatic heterocycles. The van der Waals surface area contributed by atoms with E-state index in [-0.39, 0.29) is 40.6 Å². The Kier molecular flexibility index (Phi) is 4.38. The minimum atomic E-state index is -4.52. The smallest absolute Gasteiger partial charge is 0.388 e. The molecule has 1 heterocycles. The van der Waals surface area contributed by atoms with E-state index in [1.54, 1.807) is 0 Å². The fraction of sp³-hybridized carbons (Fsp3) is 0.529. The summed E-state index contributed by atoms with van der Waals surface area (Å²) in [6.07, 6.45) is -3.77. The molecule has 3 atom stereocenters. The lowest BCUT2D eigenvalue weighted by Crippen LogP contribution is -2.59. The molecule has 6 nitrogen and oxygen atoms in total. The highest BCUT2D eigenvalue weighted by atomic mass is 19.4. The maximum Gasteiger partial charge on any atom is 0.434 e. The summed E-state index contributed by atoms with van der Waals surface area (Å²) in [6, 6.07) is 3.29. The minimum absolute atomic E-state index is 0.0310. The molecule has 26 heavy (non-hydrogen) atoms. The number of nitrogens with two attached hydrogens (primary N) is 1. The molecule has 0 unspecified atom stereocenters. The van der Waals surface area contributed by atoms with E-state index in [4.69, 9.17) is 10.2 Å². The van der Waals surface area contributed by atoms with Crippen LogP contribution < -0.4 is 16.8 Å². The van der Waals surface area contributed by atoms with Crippen molar-refractivity contribution in [3.05, 3.63) is 34.3 Å². The number of aromatic nitrogens is 2. The number of nitrogens with one attached hydrogen (secondary N) is 2. The van der Waals surface area contributed by atoms with Crippen molar-refractivity contribution in [2.75, 3.05) is 5.32 Å². The second-order valence-corrected chi connectivity index (χ2v) is 7.38. The molecule has 0 amide bonds. The summed E-state index contributed by atoms with van der Waals surface area (Å²) in [7, 11) is 0. The normalized spacial score (nSPS) is 23.3. The summed E-state index contributed by atoms with van der Waals surface area (Å²) in [6.45, 7) is 5.88. The number of rotatable bonds is 4. The molecule has 0 aliphatic heterocycles. The fourth-order valence-electron chi connectivity index (χ4n) is 3.59. The van der Waals surface area contributed by atoms with Crippen LogP contribution in [0.15, 0.2) is 27.4 Å². The zero-order chi connectivity index (χ0) is 19.3. The molecule has 0 bridgehead atoms. The van der Waals surface area contributed by atoms with Gasteiger partial charge in [-0.3, -0.25) is 0 Å². The topological polar surface area (TPSA) is 96.9 Å². The van der Waals surface area contributed by atoms with Crippen LogP contribution >= 0.6 is 0 Å². The molecule has 1 aliphatic rings. The zero-order valence-electron chi connectivity index (χ0n) is 14.6. The molecular formula is C17H21F3N4O2. The summed E-state index contributed by atoms with van der Waals surface area (Å²) < 4.78 is 45.0. The standard InChI is InChI=1S/C17H21F3N4O2/c1-8(11-7-13(21)16(11,2)3)22-12-6-9(14-23-24-15(25)26-14)4-5-10(12)17(18,19)20/h4-6,8,11,13,22H,7,21H2,1-3H3,(H,24,25)/t8-,11+,13+/m0/s1. The van der Waals surface area contributed by atoms with Gasteiger partial charge in [0.1, 0.15) is 0 Å². The van der Waals surface area contributed by atoms with Crippen molar-refractivity contribution in [1.29, 1.82) is 0 Å². The van der Waals surface area contributed by atoms with Crippen LogP contribution in [0, 0.1) is 11.3 Å². The van der Waals surface area contributed by atoms with Crippen LogP contribution in [0.3, 0.4) is 0 Å². The minimum Gasteiger partial charge on any atom is -0.388 e. The summed E-state index contributed by atoms with van der Waals surface area (Å²) in [5.41, 5.74) is 5.27. The highest BCUT2D eigenvalue weighted by molar-refractivity contribution is 5.65. The van der Waals surface area contributed by atoms with Gasteiger partial charge in [0, 0.05) is 23.3 Å². The molecule has 142 valence electrons. The van der Waals surface area contributed by atoms with Crippen LogP contribution in [0.25, 0.3) is 11.5 Å². The first-order valence-electron chi connectivity index (χ1n) is 8.29. The molecule has 0 radical (unpaired) electrons. The Morgan fingerprint density at radius 2 is 2.12 bits per heavy atom. The number of H-pyrrole nitrogens is 1. The third-order valence-electron chi connectivity index (χ3n) is 5.42. The average Bonchev–Trinajstić information content (AvgIpc) is 2.97. The third kappa shape index (κ3) is 3.23. The highest BCUT2D eigenvalue weighted by Crippen LogP contribution is 2.48. The van der Waals surface area contributed by atoms with Gasteiger partial charge in [0.2, 0.25) is 5.89 Å². The maximum absolute atomic E-state index is 13.4. The highest BCUT2D eigenvalue weighted by Gasteiger charge is 2.48. The van der Waals surface area contributed by atoms with E-state index in [1.165, 1.54) is 12.1 Å². The maximum atomic E-state index is 13.4. The molecular weight excluding hydrogens is 349 g/mol. The predicted molar refractivity (Wildman–Crippen MR) is 90.5 cm³/mol. The number of halogens is 3. The van der Waals surface area contributed by atoms with Crippen LogP contribution in [0.5, 0.6) is 0 Å². The largest absolute Gasteiger partial charge is 0.434 e. The number of hydrogen-bond acceptors (Lipinski definition) is 5. The fourth-order valence-corrected chi connectivity index (χ4v) is 3.59. The summed E-state index contributed by atoms with van der Waals surface area (Å²) in [5.74, 6) is -0.691. The second-order valence-electron chi connectivity index (χ2n) is 7.38. The van der Waals surface area contributed by atoms with E-state index >= 15 is 0 Å². The molecule has 1 saturated carbocycles. The van der Waals surface area contributed by atoms with Crippen LogP contribution in [0.1, 0.15) is 32.8 Å². The Balaban J connectivity index is 1.94. The summed E-state index contributed by atoms with van der Waals surface area (Å²) >= 11 is 0. The first kappa shape index (κ1) is 18.5. The van der Waals surface area contributed by atoms with E-state index < -0.39 is 17.5 Å². The van der Waals surface area contributed by atoms with Crippen LogP contribution in [0.4, 0.5) is 18.9 Å². The number of benzene rings is 1. The molecule has 2 aromatic rings.